The molecule has 0 aliphatic carbocycles. The molecule has 0 bridgehead atoms. The number of aryl methyl sites for hydroxylation is 1. The molecule has 0 amide bonds. The van der Waals surface area contributed by atoms with Gasteiger partial charge in [-0.2, -0.15) is 4.57 Å². The summed E-state index contributed by atoms with van der Waals surface area (Å²) in [4.78, 5) is 0. The Morgan fingerprint density at radius 1 is 0.647 bits per heavy atom. The van der Waals surface area contributed by atoms with Crippen molar-refractivity contribution in [3.63, 3.8) is 0 Å². The van der Waals surface area contributed by atoms with Crippen LogP contribution in [0, 0.1) is 6.92 Å². The summed E-state index contributed by atoms with van der Waals surface area (Å²) in [5.41, 5.74) is 5.54. The van der Waals surface area contributed by atoms with Crippen molar-refractivity contribution in [3.05, 3.63) is 71.9 Å². The average molecular weight is 459 g/mol. The van der Waals surface area contributed by atoms with E-state index in [0.29, 0.717) is 28.9 Å². The first-order valence-electron chi connectivity index (χ1n) is 11.4. The lowest BCUT2D eigenvalue weighted by Crippen LogP contribution is -2.37. The molecule has 4 rings (SSSR count). The standard InChI is InChI=1S/C29H32NO4/c1-18(2)20-8-10-21(11-9-20)29-24-17-28(34-7)26(32-5)15-22(24)14-19(3)30(29)23-12-13-25(31-4)27(16-23)33-6/h8-18H,1-7H3/q+1. The van der Waals surface area contributed by atoms with E-state index in [4.69, 9.17) is 18.9 Å². The second-order valence-electron chi connectivity index (χ2n) is 8.58. The summed E-state index contributed by atoms with van der Waals surface area (Å²) in [7, 11) is 6.63. The summed E-state index contributed by atoms with van der Waals surface area (Å²) in [5.74, 6) is 3.24. The summed E-state index contributed by atoms with van der Waals surface area (Å²) in [6.07, 6.45) is 0. The number of hydrogen-bond donors (Lipinski definition) is 0. The number of pyridine rings is 1. The van der Waals surface area contributed by atoms with Gasteiger partial charge in [0.15, 0.2) is 28.7 Å². The molecule has 34 heavy (non-hydrogen) atoms. The Kier molecular flexibility index (Phi) is 6.64. The van der Waals surface area contributed by atoms with Gasteiger partial charge < -0.3 is 18.9 Å². The van der Waals surface area contributed by atoms with Crippen LogP contribution in [0.25, 0.3) is 27.7 Å². The molecule has 0 atom stereocenters. The van der Waals surface area contributed by atoms with E-state index >= 15 is 0 Å². The normalized spacial score (nSPS) is 11.1. The van der Waals surface area contributed by atoms with Crippen molar-refractivity contribution < 1.29 is 23.5 Å². The van der Waals surface area contributed by atoms with E-state index in [-0.39, 0.29) is 0 Å². The van der Waals surface area contributed by atoms with Crippen LogP contribution in [0.4, 0.5) is 0 Å². The predicted molar refractivity (Wildman–Crippen MR) is 136 cm³/mol. The van der Waals surface area contributed by atoms with Gasteiger partial charge in [-0.1, -0.05) is 26.0 Å². The Balaban J connectivity index is 2.09. The zero-order chi connectivity index (χ0) is 24.4. The minimum atomic E-state index is 0.464. The van der Waals surface area contributed by atoms with Gasteiger partial charge in [0.25, 0.3) is 0 Å². The molecule has 1 aromatic heterocycles. The molecule has 0 aliphatic heterocycles. The lowest BCUT2D eigenvalue weighted by molar-refractivity contribution is -0.589. The van der Waals surface area contributed by atoms with E-state index in [1.54, 1.807) is 28.4 Å². The number of hydrogen-bond acceptors (Lipinski definition) is 4. The number of nitrogens with zero attached hydrogens (tertiary/aromatic N) is 1. The molecule has 0 aliphatic rings. The average Bonchev–Trinajstić information content (AvgIpc) is 2.86. The Morgan fingerprint density at radius 3 is 1.82 bits per heavy atom. The third kappa shape index (κ3) is 4.14. The minimum absolute atomic E-state index is 0.464. The monoisotopic (exact) mass is 458 g/mol. The molecule has 4 aromatic rings. The van der Waals surface area contributed by atoms with Gasteiger partial charge in [0, 0.05) is 24.6 Å². The highest BCUT2D eigenvalue weighted by molar-refractivity contribution is 5.95. The number of aromatic nitrogens is 1. The van der Waals surface area contributed by atoms with Gasteiger partial charge in [0.1, 0.15) is 0 Å². The third-order valence-corrected chi connectivity index (χ3v) is 6.23. The second-order valence-corrected chi connectivity index (χ2v) is 8.58. The van der Waals surface area contributed by atoms with Crippen LogP contribution in [0.5, 0.6) is 23.0 Å². The maximum Gasteiger partial charge on any atom is 0.226 e. The van der Waals surface area contributed by atoms with Crippen LogP contribution in [-0.4, -0.2) is 28.4 Å². The first-order chi connectivity index (χ1) is 16.4. The third-order valence-electron chi connectivity index (χ3n) is 6.23. The molecule has 0 N–H and O–H groups in total. The van der Waals surface area contributed by atoms with E-state index in [1.807, 2.05) is 24.3 Å². The number of methoxy groups -OCH3 is 4. The number of benzene rings is 3. The smallest absolute Gasteiger partial charge is 0.226 e. The highest BCUT2D eigenvalue weighted by Gasteiger charge is 2.26. The fraction of sp³-hybridized carbons (Fsp3) is 0.276. The maximum absolute atomic E-state index is 5.66. The molecular weight excluding hydrogens is 426 g/mol. The fourth-order valence-electron chi connectivity index (χ4n) is 4.41. The topological polar surface area (TPSA) is 40.8 Å². The predicted octanol–water partition coefficient (Wildman–Crippen LogP) is 6.25. The molecule has 0 saturated carbocycles. The summed E-state index contributed by atoms with van der Waals surface area (Å²) in [5, 5.41) is 2.14. The fourth-order valence-corrected chi connectivity index (χ4v) is 4.41. The molecule has 0 spiro atoms. The quantitative estimate of drug-likeness (QED) is 0.307. The number of ether oxygens (including phenoxy) is 4. The molecule has 0 unspecified atom stereocenters. The Hall–Kier alpha value is -3.73. The summed E-state index contributed by atoms with van der Waals surface area (Å²) in [6, 6.07) is 21.0. The molecule has 5 heteroatoms. The molecular formula is C29H32NO4+. The summed E-state index contributed by atoms with van der Waals surface area (Å²) >= 11 is 0. The van der Waals surface area contributed by atoms with Gasteiger partial charge in [-0.3, -0.25) is 0 Å². The zero-order valence-corrected chi connectivity index (χ0v) is 20.9. The highest BCUT2D eigenvalue weighted by Crippen LogP contribution is 2.37. The highest BCUT2D eigenvalue weighted by atomic mass is 16.5. The van der Waals surface area contributed by atoms with Gasteiger partial charge in [-0.15, -0.1) is 0 Å². The first kappa shape index (κ1) is 23.4. The number of fused-ring (bicyclic) bond motifs is 1. The SMILES string of the molecule is COc1ccc(-[n+]2c(C)cc3cc(OC)c(OC)cc3c2-c2ccc(C(C)C)cc2)cc1OC. The van der Waals surface area contributed by atoms with Crippen LogP contribution in [0.1, 0.15) is 31.0 Å². The molecule has 176 valence electrons. The summed E-state index contributed by atoms with van der Waals surface area (Å²) < 4.78 is 24.6. The molecule has 0 fully saturated rings. The van der Waals surface area contributed by atoms with E-state index in [2.05, 4.69) is 61.7 Å². The van der Waals surface area contributed by atoms with Gasteiger partial charge in [0.05, 0.1) is 39.9 Å². The Bertz CT molecular complexity index is 1330. The molecule has 0 saturated heterocycles. The minimum Gasteiger partial charge on any atom is -0.493 e. The largest absolute Gasteiger partial charge is 0.493 e. The van der Waals surface area contributed by atoms with Gasteiger partial charge in [-0.05, 0) is 47.2 Å². The maximum atomic E-state index is 5.66. The second kappa shape index (κ2) is 9.64. The van der Waals surface area contributed by atoms with Crippen LogP contribution in [0.15, 0.2) is 60.7 Å². The lowest BCUT2D eigenvalue weighted by Gasteiger charge is -2.15. The van der Waals surface area contributed by atoms with Crippen molar-refractivity contribution in [2.75, 3.05) is 28.4 Å². The first-order valence-corrected chi connectivity index (χ1v) is 11.4. The van der Waals surface area contributed by atoms with Crippen molar-refractivity contribution in [1.82, 2.24) is 0 Å². The molecule has 0 radical (unpaired) electrons. The van der Waals surface area contributed by atoms with Crippen molar-refractivity contribution in [2.24, 2.45) is 0 Å². The molecule has 5 nitrogen and oxygen atoms in total. The molecule has 3 aromatic carbocycles. The van der Waals surface area contributed by atoms with Crippen LogP contribution in [0.3, 0.4) is 0 Å². The van der Waals surface area contributed by atoms with Crippen molar-refractivity contribution in [2.45, 2.75) is 26.7 Å². The molecule has 1 heterocycles. The summed E-state index contributed by atoms with van der Waals surface area (Å²) in [6.45, 7) is 6.52. The van der Waals surface area contributed by atoms with Crippen LogP contribution in [0.2, 0.25) is 0 Å². The van der Waals surface area contributed by atoms with Crippen molar-refractivity contribution >= 4 is 10.8 Å². The Morgan fingerprint density at radius 2 is 1.24 bits per heavy atom. The van der Waals surface area contributed by atoms with E-state index in [1.165, 1.54) is 5.56 Å². The van der Waals surface area contributed by atoms with E-state index in [0.717, 1.165) is 33.4 Å². The van der Waals surface area contributed by atoms with Crippen molar-refractivity contribution in [1.29, 1.82) is 0 Å². The lowest BCUT2D eigenvalue weighted by atomic mass is 9.97. The zero-order valence-electron chi connectivity index (χ0n) is 20.9. The number of rotatable bonds is 7. The van der Waals surface area contributed by atoms with Crippen LogP contribution in [-0.2, 0) is 0 Å². The van der Waals surface area contributed by atoms with Crippen LogP contribution >= 0.6 is 0 Å². The van der Waals surface area contributed by atoms with E-state index in [9.17, 15) is 0 Å². The van der Waals surface area contributed by atoms with Gasteiger partial charge in [-0.25, -0.2) is 0 Å². The van der Waals surface area contributed by atoms with Gasteiger partial charge in [0.2, 0.25) is 11.4 Å². The van der Waals surface area contributed by atoms with Crippen LogP contribution < -0.4 is 23.5 Å². The van der Waals surface area contributed by atoms with Crippen molar-refractivity contribution in [3.8, 4) is 39.9 Å². The van der Waals surface area contributed by atoms with E-state index < -0.39 is 0 Å². The Labute approximate surface area is 201 Å². The van der Waals surface area contributed by atoms with Gasteiger partial charge >= 0.3 is 0 Å².